The van der Waals surface area contributed by atoms with Crippen molar-refractivity contribution in [3.8, 4) is 0 Å². The summed E-state index contributed by atoms with van der Waals surface area (Å²) in [6.45, 7) is -0.00221. The van der Waals surface area contributed by atoms with E-state index in [2.05, 4.69) is 15.3 Å². The fourth-order valence-corrected chi connectivity index (χ4v) is 3.22. The number of rotatable bonds is 3. The second kappa shape index (κ2) is 6.30. The van der Waals surface area contributed by atoms with Gasteiger partial charge < -0.3 is 5.32 Å². The van der Waals surface area contributed by atoms with Crippen molar-refractivity contribution in [2.45, 2.75) is 5.67 Å². The van der Waals surface area contributed by atoms with Gasteiger partial charge in [-0.15, -0.1) is 0 Å². The van der Waals surface area contributed by atoms with Gasteiger partial charge in [-0.05, 0) is 35.9 Å². The van der Waals surface area contributed by atoms with Crippen molar-refractivity contribution in [2.24, 2.45) is 4.99 Å². The zero-order chi connectivity index (χ0) is 17.3. The van der Waals surface area contributed by atoms with Crippen molar-refractivity contribution in [1.82, 2.24) is 4.98 Å². The molecule has 0 fully saturated rings. The molecule has 0 saturated heterocycles. The Hall–Kier alpha value is -2.72. The molecule has 5 heteroatoms. The molecule has 0 saturated carbocycles. The first-order valence-electron chi connectivity index (χ1n) is 7.93. The molecule has 3 aromatic rings. The van der Waals surface area contributed by atoms with Crippen LogP contribution in [0.25, 0.3) is 5.70 Å². The van der Waals surface area contributed by atoms with E-state index >= 15 is 4.39 Å². The van der Waals surface area contributed by atoms with Crippen LogP contribution in [0.4, 0.5) is 10.1 Å². The number of nitrogens with zero attached hydrogens (tertiary/aromatic N) is 2. The summed E-state index contributed by atoms with van der Waals surface area (Å²) < 4.78 is 16.2. The van der Waals surface area contributed by atoms with Crippen LogP contribution in [0.1, 0.15) is 5.56 Å². The molecule has 2 heterocycles. The van der Waals surface area contributed by atoms with Gasteiger partial charge in [-0.1, -0.05) is 41.9 Å². The fraction of sp³-hybridized carbons (Fsp3) is 0.100. The Labute approximate surface area is 149 Å². The number of alkyl halides is 1. The van der Waals surface area contributed by atoms with E-state index in [0.717, 1.165) is 16.3 Å². The second-order valence-electron chi connectivity index (χ2n) is 5.88. The van der Waals surface area contributed by atoms with Crippen molar-refractivity contribution in [1.29, 1.82) is 0 Å². The lowest BCUT2D eigenvalue weighted by molar-refractivity contribution is 0.251. The first-order valence-corrected chi connectivity index (χ1v) is 8.31. The van der Waals surface area contributed by atoms with Crippen LogP contribution >= 0.6 is 11.6 Å². The Balaban J connectivity index is 1.95. The topological polar surface area (TPSA) is 37.3 Å². The van der Waals surface area contributed by atoms with Crippen LogP contribution in [0.2, 0.25) is 5.02 Å². The summed E-state index contributed by atoms with van der Waals surface area (Å²) in [5, 5.41) is 5.26. The lowest BCUT2D eigenvalue weighted by atomic mass is 9.89. The molecule has 124 valence electrons. The minimum atomic E-state index is -1.79. The number of hydrogen-bond acceptors (Lipinski definition) is 3. The maximum atomic E-state index is 16.2. The molecule has 1 aliphatic rings. The second-order valence-corrected chi connectivity index (χ2v) is 6.32. The number of anilines is 1. The lowest BCUT2D eigenvalue weighted by Gasteiger charge is -2.30. The maximum absolute atomic E-state index is 16.2. The molecule has 25 heavy (non-hydrogen) atoms. The Morgan fingerprint density at radius 1 is 1.00 bits per heavy atom. The third-order valence-corrected chi connectivity index (χ3v) is 4.50. The molecule has 1 aliphatic heterocycles. The van der Waals surface area contributed by atoms with E-state index in [9.17, 15) is 0 Å². The maximum Gasteiger partial charge on any atom is 0.195 e. The highest BCUT2D eigenvalue weighted by molar-refractivity contribution is 6.30. The molecule has 0 spiro atoms. The Morgan fingerprint density at radius 3 is 2.60 bits per heavy atom. The minimum Gasteiger partial charge on any atom is -0.355 e. The Bertz CT molecular complexity index is 1040. The number of benzene rings is 2. The number of hydrogen-bond donors (Lipinski definition) is 1. The van der Waals surface area contributed by atoms with Gasteiger partial charge in [-0.3, -0.25) is 9.98 Å². The summed E-state index contributed by atoms with van der Waals surface area (Å²) in [4.78, 5) is 8.46. The molecular weight excluding hydrogens is 337 g/mol. The summed E-state index contributed by atoms with van der Waals surface area (Å²) in [6, 6.07) is 18.0. The molecule has 0 amide bonds. The molecule has 0 aliphatic carbocycles. The zero-order valence-electron chi connectivity index (χ0n) is 13.3. The van der Waals surface area contributed by atoms with Crippen molar-refractivity contribution in [3.05, 3.63) is 94.2 Å². The van der Waals surface area contributed by atoms with Crippen molar-refractivity contribution < 1.29 is 4.39 Å². The van der Waals surface area contributed by atoms with Crippen LogP contribution in [0, 0.1) is 0 Å². The molecule has 2 aromatic carbocycles. The standard InChI is InChI=1S/C20H15ClFN3/c21-15-5-3-4-14(12-15)20(22)13-24-18-7-2-1-6-17(18)19(20)25-16-8-10-23-11-9-16/h1-12H,13H2,(H,23,25). The smallest absolute Gasteiger partial charge is 0.195 e. The predicted molar refractivity (Wildman–Crippen MR) is 97.6 cm³/mol. The molecule has 1 unspecified atom stereocenters. The number of nitrogens with one attached hydrogen (secondary N) is 1. The molecule has 1 N–H and O–H groups in total. The summed E-state index contributed by atoms with van der Waals surface area (Å²) in [5.74, 6) is 0. The normalized spacial score (nSPS) is 19.0. The van der Waals surface area contributed by atoms with Gasteiger partial charge in [0.15, 0.2) is 5.67 Å². The van der Waals surface area contributed by atoms with Gasteiger partial charge in [-0.2, -0.15) is 0 Å². The van der Waals surface area contributed by atoms with Gasteiger partial charge in [0.25, 0.3) is 0 Å². The Kier molecular flexibility index (Phi) is 3.98. The number of fused-ring (bicyclic) bond motifs is 1. The van der Waals surface area contributed by atoms with E-state index < -0.39 is 5.67 Å². The average molecular weight is 352 g/mol. The fourth-order valence-electron chi connectivity index (χ4n) is 3.03. The van der Waals surface area contributed by atoms with Crippen LogP contribution in [-0.2, 0) is 5.67 Å². The summed E-state index contributed by atoms with van der Waals surface area (Å²) in [7, 11) is 0. The third-order valence-electron chi connectivity index (χ3n) is 4.27. The van der Waals surface area contributed by atoms with Crippen LogP contribution in [0.5, 0.6) is 0 Å². The van der Waals surface area contributed by atoms with Gasteiger partial charge in [0, 0.05) is 28.3 Å². The van der Waals surface area contributed by atoms with Crippen LogP contribution in [0.3, 0.4) is 0 Å². The van der Waals surface area contributed by atoms with Crippen molar-refractivity contribution in [2.75, 3.05) is 11.9 Å². The van der Waals surface area contributed by atoms with E-state index in [1.165, 1.54) is 0 Å². The zero-order valence-corrected chi connectivity index (χ0v) is 14.0. The molecule has 4 rings (SSSR count). The van der Waals surface area contributed by atoms with Gasteiger partial charge in [0.05, 0.1) is 17.6 Å². The van der Waals surface area contributed by atoms with Crippen LogP contribution in [-0.4, -0.2) is 11.5 Å². The number of para-hydroxylation sites is 1. The number of halogens is 2. The monoisotopic (exact) mass is 351 g/mol. The summed E-state index contributed by atoms with van der Waals surface area (Å²) in [6.07, 6.45) is 3.34. The van der Waals surface area contributed by atoms with E-state index in [-0.39, 0.29) is 6.54 Å². The highest BCUT2D eigenvalue weighted by Gasteiger charge is 2.39. The molecule has 0 bridgehead atoms. The lowest BCUT2D eigenvalue weighted by Crippen LogP contribution is -2.44. The van der Waals surface area contributed by atoms with Crippen molar-refractivity contribution in [3.63, 3.8) is 0 Å². The Morgan fingerprint density at radius 2 is 1.80 bits per heavy atom. The van der Waals surface area contributed by atoms with E-state index in [0.29, 0.717) is 16.3 Å². The minimum absolute atomic E-state index is 0.00221. The largest absolute Gasteiger partial charge is 0.355 e. The summed E-state index contributed by atoms with van der Waals surface area (Å²) >= 11 is 6.10. The first-order chi connectivity index (χ1) is 12.2. The van der Waals surface area contributed by atoms with Gasteiger partial charge in [0.1, 0.15) is 0 Å². The quantitative estimate of drug-likeness (QED) is 0.784. The van der Waals surface area contributed by atoms with Gasteiger partial charge in [0.2, 0.25) is 0 Å². The van der Waals surface area contributed by atoms with Gasteiger partial charge >= 0.3 is 0 Å². The number of pyridine rings is 1. The SMILES string of the molecule is FC1(c2cccc(Cl)c2)CN=c2ccccc2=C1Nc1ccncc1. The highest BCUT2D eigenvalue weighted by atomic mass is 35.5. The van der Waals surface area contributed by atoms with Crippen LogP contribution < -0.4 is 15.9 Å². The summed E-state index contributed by atoms with van der Waals surface area (Å²) in [5.41, 5.74) is -0.0742. The van der Waals surface area contributed by atoms with E-state index in [1.807, 2.05) is 24.3 Å². The van der Waals surface area contributed by atoms with Gasteiger partial charge in [-0.25, -0.2) is 4.39 Å². The molecular formula is C20H15ClFN3. The van der Waals surface area contributed by atoms with E-state index in [4.69, 9.17) is 11.6 Å². The molecule has 3 nitrogen and oxygen atoms in total. The third kappa shape index (κ3) is 2.89. The predicted octanol–water partition coefficient (Wildman–Crippen LogP) is 3.45. The molecule has 1 aromatic heterocycles. The van der Waals surface area contributed by atoms with Crippen LogP contribution in [0.15, 0.2) is 78.0 Å². The van der Waals surface area contributed by atoms with E-state index in [1.54, 1.807) is 48.8 Å². The number of aromatic nitrogens is 1. The highest BCUT2D eigenvalue weighted by Crippen LogP contribution is 2.37. The van der Waals surface area contributed by atoms with Crippen molar-refractivity contribution >= 4 is 23.0 Å². The molecule has 1 atom stereocenters. The molecule has 0 radical (unpaired) electrons. The first kappa shape index (κ1) is 15.8. The average Bonchev–Trinajstić information content (AvgIpc) is 2.65.